The van der Waals surface area contributed by atoms with Gasteiger partial charge in [-0.05, 0) is 110 Å². The number of aryl methyl sites for hydroxylation is 5. The third-order valence-corrected chi connectivity index (χ3v) is 17.4. The third-order valence-electron chi connectivity index (χ3n) is 17.4. The number of ether oxygens (including phenoxy) is 4. The molecule has 9 aromatic heterocycles. The van der Waals surface area contributed by atoms with Crippen molar-refractivity contribution in [3.8, 4) is 50.8 Å². The molecule has 95 heavy (non-hydrogen) atoms. The maximum Gasteiger partial charge on any atom is 0.208 e. The standard InChI is InChI=1S/C24H25FN6O2.C23H25FN6O2.C22H23FN6O/c1-15-13-30-23(29-15)19(16-10-28-31(14-16)17-4-7-32-8-5-17)11-26-24(30)27-12-20-18-6-9-33-22(18)3-2-21(20)25;1-14-11-30-21(28-14)17(15-8-27-29(12-15)13-23(2,3)31)9-25-22(30)26-10-18-16-6-7-32-20(16)5-4-19(18)24;1-13-9-19(28(3)27-13)17-11-25-22(29-12-14(2)26-21(17)29)24-10-16-15-5-4-8-30-20(15)7-6-18(16)23/h2-3,10-11,13-14,17H,4-9,12H2,1H3,(H,26,27);4-5,8-9,11-12,31H,6-7,10,13H2,1-3H3,(H,25,26);6-7,9,11-12H,4-5,8,10H2,1-3H3,(H,24,25). The average Bonchev–Trinajstić information content (AvgIpc) is 1.70. The van der Waals surface area contributed by atoms with Crippen LogP contribution < -0.4 is 30.2 Å². The predicted molar refractivity (Wildman–Crippen MR) is 351 cm³/mol. The highest BCUT2D eigenvalue weighted by molar-refractivity contribution is 5.79. The van der Waals surface area contributed by atoms with Crippen LogP contribution in [0.5, 0.6) is 17.2 Å². The van der Waals surface area contributed by atoms with Crippen LogP contribution in [0, 0.1) is 45.1 Å². The van der Waals surface area contributed by atoms with Crippen LogP contribution >= 0.6 is 0 Å². The lowest BCUT2D eigenvalue weighted by molar-refractivity contribution is 0.0577. The number of fused-ring (bicyclic) bond motifs is 6. The fourth-order valence-electron chi connectivity index (χ4n) is 12.9. The molecule has 1 fully saturated rings. The van der Waals surface area contributed by atoms with Crippen molar-refractivity contribution in [2.75, 3.05) is 49.0 Å². The second-order valence-electron chi connectivity index (χ2n) is 25.0. The number of halogens is 3. The van der Waals surface area contributed by atoms with Crippen LogP contribution in [0.2, 0.25) is 0 Å². The molecule has 4 N–H and O–H groups in total. The van der Waals surface area contributed by atoms with Crippen molar-refractivity contribution in [2.45, 2.75) is 118 Å². The fourth-order valence-corrected chi connectivity index (χ4v) is 12.9. The summed E-state index contributed by atoms with van der Waals surface area (Å²) in [7, 11) is 1.91. The molecule has 26 heteroatoms. The number of aromatic nitrogens is 15. The van der Waals surface area contributed by atoms with Gasteiger partial charge in [-0.1, -0.05) is 0 Å². The second kappa shape index (κ2) is 25.9. The van der Waals surface area contributed by atoms with Crippen molar-refractivity contribution < 1.29 is 37.2 Å². The summed E-state index contributed by atoms with van der Waals surface area (Å²) in [5.74, 6) is 3.37. The van der Waals surface area contributed by atoms with Crippen molar-refractivity contribution in [3.63, 3.8) is 0 Å². The molecule has 3 aromatic carbocycles. The van der Waals surface area contributed by atoms with Gasteiger partial charge in [-0.3, -0.25) is 27.2 Å². The van der Waals surface area contributed by atoms with E-state index in [2.05, 4.69) is 57.4 Å². The van der Waals surface area contributed by atoms with E-state index in [1.54, 1.807) is 55.3 Å². The number of anilines is 3. The first kappa shape index (κ1) is 62.1. The van der Waals surface area contributed by atoms with Crippen LogP contribution in [0.3, 0.4) is 0 Å². The molecular weight excluding hydrogens is 1220 g/mol. The van der Waals surface area contributed by atoms with Crippen molar-refractivity contribution in [1.82, 2.24) is 72.4 Å². The minimum absolute atomic E-state index is 0.230. The molecule has 490 valence electrons. The number of aliphatic hydroxyl groups is 1. The molecule has 0 spiro atoms. The Balaban J connectivity index is 0.000000123. The third kappa shape index (κ3) is 12.8. The SMILES string of the molecule is Cc1cn2c(NCc3c(F)ccc4c3CCCO4)ncc(-c3cc(C)nn3C)c2n1.Cc1cn2c(NCc3c(F)ccc4c3CCO4)ncc(-c3cnn(C4CCOCC4)c3)c2n1.Cc1cn2c(NCc3c(F)ccc4c3CCO4)ncc(-c3cnn(CC(C)(C)O)c3)c2n1. The van der Waals surface area contributed by atoms with E-state index in [4.69, 9.17) is 28.9 Å². The molecule has 13 heterocycles. The molecular formula is C69H73F3N18O5. The van der Waals surface area contributed by atoms with E-state index >= 15 is 0 Å². The first-order valence-corrected chi connectivity index (χ1v) is 31.9. The minimum atomic E-state index is -0.869. The molecule has 23 nitrogen and oxygen atoms in total. The highest BCUT2D eigenvalue weighted by atomic mass is 19.1. The summed E-state index contributed by atoms with van der Waals surface area (Å²) in [5, 5.41) is 33.3. The zero-order chi connectivity index (χ0) is 65.6. The molecule has 12 aromatic rings. The van der Waals surface area contributed by atoms with E-state index in [0.717, 1.165) is 146 Å². The number of nitrogens with one attached hydrogen (secondary N) is 3. The lowest BCUT2D eigenvalue weighted by atomic mass is 9.99. The zero-order valence-corrected chi connectivity index (χ0v) is 53.9. The van der Waals surface area contributed by atoms with Crippen LogP contribution in [-0.4, -0.2) is 116 Å². The Morgan fingerprint density at radius 2 is 0.989 bits per heavy atom. The second-order valence-corrected chi connectivity index (χ2v) is 25.0. The van der Waals surface area contributed by atoms with E-state index in [9.17, 15) is 18.3 Å². The van der Waals surface area contributed by atoms with Gasteiger partial charge in [-0.25, -0.2) is 43.1 Å². The zero-order valence-electron chi connectivity index (χ0n) is 53.9. The van der Waals surface area contributed by atoms with Gasteiger partial charge in [0.1, 0.15) is 46.0 Å². The van der Waals surface area contributed by atoms with Gasteiger partial charge in [-0.2, -0.15) is 15.3 Å². The van der Waals surface area contributed by atoms with Crippen LogP contribution in [0.15, 0.2) is 104 Å². The van der Waals surface area contributed by atoms with Gasteiger partial charge in [0.25, 0.3) is 0 Å². The van der Waals surface area contributed by atoms with Gasteiger partial charge in [0.15, 0.2) is 5.65 Å². The first-order valence-electron chi connectivity index (χ1n) is 31.9. The molecule has 4 aliphatic rings. The van der Waals surface area contributed by atoms with E-state index in [-0.39, 0.29) is 17.5 Å². The number of hydrogen-bond acceptors (Lipinski definition) is 17. The Hall–Kier alpha value is -10.3. The summed E-state index contributed by atoms with van der Waals surface area (Å²) < 4.78 is 77.2. The van der Waals surface area contributed by atoms with E-state index in [0.29, 0.717) is 99.4 Å². The van der Waals surface area contributed by atoms with Crippen LogP contribution in [0.4, 0.5) is 31.0 Å². The van der Waals surface area contributed by atoms with Crippen molar-refractivity contribution >= 4 is 34.8 Å². The predicted octanol–water partition coefficient (Wildman–Crippen LogP) is 11.1. The smallest absolute Gasteiger partial charge is 0.208 e. The van der Waals surface area contributed by atoms with E-state index in [1.165, 1.54) is 18.2 Å². The quantitative estimate of drug-likeness (QED) is 0.0746. The number of benzene rings is 3. The van der Waals surface area contributed by atoms with Crippen molar-refractivity contribution in [3.05, 3.63) is 178 Å². The molecule has 0 atom stereocenters. The van der Waals surface area contributed by atoms with E-state index < -0.39 is 5.60 Å². The van der Waals surface area contributed by atoms with Gasteiger partial charge in [0.2, 0.25) is 17.8 Å². The maximum absolute atomic E-state index is 14.6. The lowest BCUT2D eigenvalue weighted by Crippen LogP contribution is -2.26. The summed E-state index contributed by atoms with van der Waals surface area (Å²) in [6.45, 7) is 15.9. The number of rotatable bonds is 15. The van der Waals surface area contributed by atoms with Gasteiger partial charge < -0.3 is 40.0 Å². The normalized spacial score (nSPS) is 14.3. The monoisotopic (exact) mass is 1290 g/mol. The average molecular weight is 1290 g/mol. The Kier molecular flexibility index (Phi) is 16.9. The maximum atomic E-state index is 14.6. The van der Waals surface area contributed by atoms with Crippen LogP contribution in [0.1, 0.15) is 95.3 Å². The van der Waals surface area contributed by atoms with Gasteiger partial charge in [0, 0.05) is 158 Å². The van der Waals surface area contributed by atoms with E-state index in [1.807, 2.05) is 101 Å². The number of imidazole rings is 3. The Morgan fingerprint density at radius 3 is 1.47 bits per heavy atom. The molecule has 0 amide bonds. The summed E-state index contributed by atoms with van der Waals surface area (Å²) >= 11 is 0. The highest BCUT2D eigenvalue weighted by Gasteiger charge is 2.26. The van der Waals surface area contributed by atoms with Gasteiger partial charge in [-0.15, -0.1) is 0 Å². The summed E-state index contributed by atoms with van der Waals surface area (Å²) in [5.41, 5.74) is 15.0. The van der Waals surface area contributed by atoms with Crippen LogP contribution in [0.25, 0.3) is 50.5 Å². The summed E-state index contributed by atoms with van der Waals surface area (Å²) in [6, 6.07) is 11.8. The lowest BCUT2D eigenvalue weighted by Gasteiger charge is -2.22. The molecule has 0 radical (unpaired) electrons. The molecule has 0 unspecified atom stereocenters. The minimum Gasteiger partial charge on any atom is -0.493 e. The molecule has 0 saturated carbocycles. The highest BCUT2D eigenvalue weighted by Crippen LogP contribution is 2.36. The largest absolute Gasteiger partial charge is 0.493 e. The number of hydrogen-bond donors (Lipinski definition) is 4. The molecule has 0 aliphatic carbocycles. The summed E-state index contributed by atoms with van der Waals surface area (Å²) in [4.78, 5) is 28.0. The first-order chi connectivity index (χ1) is 46.0. The van der Waals surface area contributed by atoms with Gasteiger partial charge in [0.05, 0.1) is 84.4 Å². The summed E-state index contributed by atoms with van der Waals surface area (Å²) in [6.07, 6.45) is 23.7. The molecule has 0 bridgehead atoms. The van der Waals surface area contributed by atoms with Crippen molar-refractivity contribution in [1.29, 1.82) is 0 Å². The molecule has 4 aliphatic heterocycles. The van der Waals surface area contributed by atoms with Crippen LogP contribution in [-0.2, 0) is 57.2 Å². The number of nitrogens with zero attached hydrogens (tertiary/aromatic N) is 15. The Bertz CT molecular complexity index is 4840. The fraction of sp³-hybridized carbons (Fsp3) is 0.348. The topological polar surface area (TPSA) is 237 Å². The Labute approximate surface area is 545 Å². The molecule has 16 rings (SSSR count). The van der Waals surface area contributed by atoms with Crippen molar-refractivity contribution in [2.24, 2.45) is 7.05 Å². The molecule has 1 saturated heterocycles. The van der Waals surface area contributed by atoms with Gasteiger partial charge >= 0.3 is 0 Å². The Morgan fingerprint density at radius 1 is 0.537 bits per heavy atom.